The number of esters is 1. The minimum Gasteiger partial charge on any atom is -0.482 e. The van der Waals surface area contributed by atoms with Crippen LogP contribution in [0.25, 0.3) is 32.5 Å². The lowest BCUT2D eigenvalue weighted by atomic mass is 10.0. The van der Waals surface area contributed by atoms with Crippen molar-refractivity contribution in [1.82, 2.24) is 19.7 Å². The molecule has 0 spiro atoms. The Morgan fingerprint density at radius 2 is 1.01 bits per heavy atom. The van der Waals surface area contributed by atoms with Crippen LogP contribution in [-0.2, 0) is 51.2 Å². The molecule has 7 aromatic carbocycles. The molecule has 1 aliphatic carbocycles. The van der Waals surface area contributed by atoms with Gasteiger partial charge in [-0.3, -0.25) is 29.1 Å². The topological polar surface area (TPSA) is 187 Å². The van der Waals surface area contributed by atoms with E-state index in [2.05, 4.69) is 141 Å². The number of amides is 3. The fourth-order valence-corrected chi connectivity index (χ4v) is 13.7. The van der Waals surface area contributed by atoms with Gasteiger partial charge in [-0.15, -0.1) is 0 Å². The van der Waals surface area contributed by atoms with E-state index in [0.717, 1.165) is 169 Å². The van der Waals surface area contributed by atoms with Crippen molar-refractivity contribution in [3.8, 4) is 17.2 Å². The van der Waals surface area contributed by atoms with E-state index >= 15 is 0 Å². The highest BCUT2D eigenvalue weighted by Gasteiger charge is 2.26. The van der Waals surface area contributed by atoms with E-state index < -0.39 is 5.97 Å². The van der Waals surface area contributed by atoms with Gasteiger partial charge in [0.2, 0.25) is 5.76 Å². The number of pyridine rings is 1. The summed E-state index contributed by atoms with van der Waals surface area (Å²) in [5.41, 5.74) is 12.2. The number of furan rings is 1. The standard InChI is InChI=1S/C26H27N3O2.C25H27N3O5.C23H24N4O2/c30-25-17-31-24-9-4-18(16-22(24)27-25)10-11-28-12-14-29(15-13-28)23-8-7-20-6-5-19-2-1-3-21(23)26(19)20;1-2-31-25(30)23-15-18-14-19(4-6-21(18)33-23)28-11-9-27(10-12-28)8-7-17-3-5-22-20(13-17)26-24(29)16-32-22;28-22-16-29-21-6-5-17(15-20(21)25-22)8-10-26-11-13-27(14-12-26)23-19-4-2-1-3-18(19)7-9-24-23/h1-4,7-9,16H,5-6,10-15,17H2,(H,27,30);3-6,13-15H,2,7-12,16H2,1H3,(H,26,29);1-7,9,15H,8,10-14,16H2,(H,25,28). The Balaban J connectivity index is 0.000000121. The maximum Gasteiger partial charge on any atom is 0.374 e. The number of benzene rings is 7. The highest BCUT2D eigenvalue weighted by molar-refractivity contribution is 6.01. The number of ether oxygens (including phenoxy) is 4. The van der Waals surface area contributed by atoms with Crippen LogP contribution in [0, 0.1) is 0 Å². The van der Waals surface area contributed by atoms with Crippen LogP contribution in [0.3, 0.4) is 0 Å². The van der Waals surface area contributed by atoms with Crippen molar-refractivity contribution >= 4 is 90.5 Å². The molecular formula is C74H78N10O9. The zero-order chi connectivity index (χ0) is 63.2. The third kappa shape index (κ3) is 14.1. The maximum absolute atomic E-state index is 11.9. The van der Waals surface area contributed by atoms with Gasteiger partial charge in [0.15, 0.2) is 19.8 Å². The van der Waals surface area contributed by atoms with E-state index in [9.17, 15) is 19.2 Å². The lowest BCUT2D eigenvalue weighted by Gasteiger charge is -2.36. The number of fused-ring (bicyclic) bond motifs is 5. The number of carbonyl (C=O) groups is 4. The highest BCUT2D eigenvalue weighted by atomic mass is 16.5. The number of nitrogens with zero attached hydrogens (tertiary/aromatic N) is 7. The second-order valence-electron chi connectivity index (χ2n) is 24.7. The van der Waals surface area contributed by atoms with E-state index in [1.54, 1.807) is 13.0 Å². The number of nitrogens with one attached hydrogen (secondary N) is 3. The molecule has 0 saturated carbocycles. The van der Waals surface area contributed by atoms with Crippen molar-refractivity contribution in [3.63, 3.8) is 0 Å². The van der Waals surface area contributed by atoms with E-state index in [-0.39, 0.29) is 43.3 Å². The molecule has 3 saturated heterocycles. The number of piperazine rings is 3. The van der Waals surface area contributed by atoms with Gasteiger partial charge >= 0.3 is 5.97 Å². The summed E-state index contributed by atoms with van der Waals surface area (Å²) < 4.78 is 27.0. The first kappa shape index (κ1) is 60.8. The van der Waals surface area contributed by atoms with Crippen LogP contribution in [0.1, 0.15) is 45.3 Å². The molecule has 0 bridgehead atoms. The molecular weight excluding hydrogens is 1170 g/mol. The van der Waals surface area contributed by atoms with Crippen molar-refractivity contribution in [3.05, 3.63) is 179 Å². The maximum atomic E-state index is 11.9. The minimum atomic E-state index is -0.433. The van der Waals surface area contributed by atoms with Gasteiger partial charge < -0.3 is 54.0 Å². The predicted molar refractivity (Wildman–Crippen MR) is 364 cm³/mol. The van der Waals surface area contributed by atoms with Crippen molar-refractivity contribution in [2.45, 2.75) is 39.0 Å². The fraction of sp³-hybridized carbons (Fsp3) is 0.338. The second kappa shape index (κ2) is 27.6. The van der Waals surface area contributed by atoms with Gasteiger partial charge in [-0.1, -0.05) is 66.7 Å². The average molecular weight is 1250 g/mol. The molecule has 7 aliphatic rings. The third-order valence-electron chi connectivity index (χ3n) is 18.8. The highest BCUT2D eigenvalue weighted by Crippen LogP contribution is 2.38. The Kier molecular flexibility index (Phi) is 18.1. The Labute approximate surface area is 541 Å². The van der Waals surface area contributed by atoms with Crippen molar-refractivity contribution in [1.29, 1.82) is 0 Å². The first-order valence-electron chi connectivity index (χ1n) is 32.8. The van der Waals surface area contributed by atoms with Crippen molar-refractivity contribution in [2.24, 2.45) is 0 Å². The summed E-state index contributed by atoms with van der Waals surface area (Å²) in [5, 5.41) is 15.0. The summed E-state index contributed by atoms with van der Waals surface area (Å²) in [7, 11) is 0. The number of aromatic nitrogens is 1. The molecule has 3 amide bonds. The summed E-state index contributed by atoms with van der Waals surface area (Å²) in [6.07, 6.45) is 7.12. The SMILES string of the molecule is CCOC(=O)c1cc2cc(N3CCN(CCc4ccc5c(c4)NC(=O)CO5)CC3)ccc2o1.O=C1COc2ccc(CCN3CCN(c4ccc5c6c(cccc46)CC5)CC3)cc2N1.O=C1COc2ccc(CCN3CCN(c4nccc5ccccc45)CC3)cc2N1. The van der Waals surface area contributed by atoms with E-state index in [0.29, 0.717) is 12.2 Å². The summed E-state index contributed by atoms with van der Waals surface area (Å²) in [4.78, 5) is 66.0. The second-order valence-corrected chi connectivity index (χ2v) is 24.7. The fourth-order valence-electron chi connectivity index (χ4n) is 13.7. The Morgan fingerprint density at radius 1 is 0.495 bits per heavy atom. The molecule has 0 atom stereocenters. The summed E-state index contributed by atoms with van der Waals surface area (Å²) in [6, 6.07) is 48.0. The molecule has 16 rings (SSSR count). The number of rotatable bonds is 14. The Bertz CT molecular complexity index is 4230. The predicted octanol–water partition coefficient (Wildman–Crippen LogP) is 9.87. The molecule has 93 heavy (non-hydrogen) atoms. The van der Waals surface area contributed by atoms with Gasteiger partial charge in [0.05, 0.1) is 23.7 Å². The molecule has 3 N–H and O–H groups in total. The minimum absolute atomic E-state index is 0.0798. The monoisotopic (exact) mass is 1250 g/mol. The molecule has 8 heterocycles. The smallest absolute Gasteiger partial charge is 0.374 e. The van der Waals surface area contributed by atoms with E-state index in [1.165, 1.54) is 67.9 Å². The number of carbonyl (C=O) groups excluding carboxylic acids is 4. The largest absolute Gasteiger partial charge is 0.482 e. The molecule has 0 unspecified atom stereocenters. The molecule has 3 fully saturated rings. The average Bonchev–Trinajstić information content (AvgIpc) is 1.70. The van der Waals surface area contributed by atoms with Crippen LogP contribution in [0.5, 0.6) is 17.2 Å². The normalized spacial score (nSPS) is 17.1. The molecule has 0 radical (unpaired) electrons. The van der Waals surface area contributed by atoms with Crippen LogP contribution < -0.4 is 44.9 Å². The van der Waals surface area contributed by atoms with Gasteiger partial charge in [0, 0.05) is 132 Å². The number of anilines is 6. The Hall–Kier alpha value is -9.69. The molecule has 478 valence electrons. The van der Waals surface area contributed by atoms with Crippen LogP contribution in [0.15, 0.2) is 150 Å². The van der Waals surface area contributed by atoms with Gasteiger partial charge in [-0.2, -0.15) is 0 Å². The van der Waals surface area contributed by atoms with Gasteiger partial charge in [0.25, 0.3) is 17.7 Å². The Morgan fingerprint density at radius 3 is 1.57 bits per heavy atom. The molecule has 6 aliphatic heterocycles. The van der Waals surface area contributed by atoms with Gasteiger partial charge in [-0.05, 0) is 150 Å². The molecule has 2 aromatic heterocycles. The van der Waals surface area contributed by atoms with Crippen molar-refractivity contribution in [2.75, 3.05) is 155 Å². The zero-order valence-corrected chi connectivity index (χ0v) is 52.6. The molecule has 19 heteroatoms. The third-order valence-corrected chi connectivity index (χ3v) is 18.8. The number of hydrogen-bond donors (Lipinski definition) is 3. The van der Waals surface area contributed by atoms with Crippen LogP contribution in [0.2, 0.25) is 0 Å². The lowest BCUT2D eigenvalue weighted by molar-refractivity contribution is -0.119. The lowest BCUT2D eigenvalue weighted by Crippen LogP contribution is -2.47. The van der Waals surface area contributed by atoms with Crippen LogP contribution >= 0.6 is 0 Å². The van der Waals surface area contributed by atoms with Crippen molar-refractivity contribution < 1.29 is 42.5 Å². The van der Waals surface area contributed by atoms with Gasteiger partial charge in [-0.25, -0.2) is 9.78 Å². The quantitative estimate of drug-likeness (QED) is 0.0873. The molecule has 19 nitrogen and oxygen atoms in total. The number of aryl methyl sites for hydroxylation is 2. The van der Waals surface area contributed by atoms with Crippen LogP contribution in [-0.4, -0.2) is 168 Å². The number of hydrogen-bond acceptors (Lipinski definition) is 16. The van der Waals surface area contributed by atoms with Crippen LogP contribution in [0.4, 0.5) is 34.3 Å². The summed E-state index contributed by atoms with van der Waals surface area (Å²) >= 11 is 0. The summed E-state index contributed by atoms with van der Waals surface area (Å²) in [5.74, 6) is 2.87. The molecule has 9 aromatic rings. The summed E-state index contributed by atoms with van der Waals surface area (Å²) in [6.45, 7) is 17.5. The first-order valence-corrected chi connectivity index (χ1v) is 32.8. The van der Waals surface area contributed by atoms with E-state index in [1.807, 2.05) is 48.7 Å². The zero-order valence-electron chi connectivity index (χ0n) is 52.6. The van der Waals surface area contributed by atoms with Gasteiger partial charge in [0.1, 0.15) is 28.6 Å². The first-order chi connectivity index (χ1) is 45.6. The van der Waals surface area contributed by atoms with E-state index in [4.69, 9.17) is 23.4 Å².